The molecule has 0 aliphatic heterocycles. The Kier molecular flexibility index (Phi) is 5.56. The highest BCUT2D eigenvalue weighted by molar-refractivity contribution is 5.94. The second kappa shape index (κ2) is 8.05. The first kappa shape index (κ1) is 18.7. The maximum absolute atomic E-state index is 13.8. The molecule has 0 atom stereocenters. The molecule has 0 saturated carbocycles. The molecule has 1 N–H and O–H groups in total. The van der Waals surface area contributed by atoms with Crippen LogP contribution in [0.25, 0.3) is 10.8 Å². The van der Waals surface area contributed by atoms with E-state index >= 15 is 0 Å². The van der Waals surface area contributed by atoms with Crippen LogP contribution in [0.15, 0.2) is 47.3 Å². The topological polar surface area (TPSA) is 73.2 Å². The zero-order valence-electron chi connectivity index (χ0n) is 14.5. The largest absolute Gasteiger partial charge is 0.383 e. The highest BCUT2D eigenvalue weighted by Crippen LogP contribution is 2.14. The third-order valence-electron chi connectivity index (χ3n) is 4.04. The minimum atomic E-state index is -0.949. The van der Waals surface area contributed by atoms with E-state index in [4.69, 9.17) is 4.74 Å². The molecular formula is C19H17F2N3O3. The van der Waals surface area contributed by atoms with Crippen LogP contribution in [-0.4, -0.2) is 29.4 Å². The number of carbonyl (C=O) groups is 1. The molecule has 0 aliphatic rings. The van der Waals surface area contributed by atoms with Crippen molar-refractivity contribution in [3.8, 4) is 0 Å². The van der Waals surface area contributed by atoms with Gasteiger partial charge in [-0.25, -0.2) is 13.5 Å². The van der Waals surface area contributed by atoms with Crippen molar-refractivity contribution in [2.24, 2.45) is 0 Å². The maximum Gasteiger partial charge on any atom is 0.274 e. The predicted molar refractivity (Wildman–Crippen MR) is 95.4 cm³/mol. The Morgan fingerprint density at radius 3 is 2.63 bits per heavy atom. The summed E-state index contributed by atoms with van der Waals surface area (Å²) in [5.74, 6) is -2.41. The number of hydrogen-bond donors (Lipinski definition) is 1. The zero-order valence-corrected chi connectivity index (χ0v) is 14.5. The van der Waals surface area contributed by atoms with Crippen LogP contribution in [0.2, 0.25) is 0 Å². The van der Waals surface area contributed by atoms with Crippen LogP contribution in [0.5, 0.6) is 0 Å². The van der Waals surface area contributed by atoms with Crippen molar-refractivity contribution in [2.75, 3.05) is 13.7 Å². The summed E-state index contributed by atoms with van der Waals surface area (Å²) in [5.41, 5.74) is -0.0760. The Hall–Kier alpha value is -3.13. The Bertz CT molecular complexity index is 1050. The van der Waals surface area contributed by atoms with Crippen LogP contribution in [0.4, 0.5) is 8.78 Å². The van der Waals surface area contributed by atoms with Crippen LogP contribution < -0.4 is 10.9 Å². The number of carbonyl (C=O) groups excluding carboxylic acids is 1. The van der Waals surface area contributed by atoms with Gasteiger partial charge in [0.25, 0.3) is 11.5 Å². The Labute approximate surface area is 153 Å². The van der Waals surface area contributed by atoms with Gasteiger partial charge in [0.1, 0.15) is 11.6 Å². The Morgan fingerprint density at radius 2 is 1.93 bits per heavy atom. The second-order valence-electron chi connectivity index (χ2n) is 5.82. The number of nitrogens with zero attached hydrogens (tertiary/aromatic N) is 2. The van der Waals surface area contributed by atoms with Gasteiger partial charge < -0.3 is 10.1 Å². The Morgan fingerprint density at radius 1 is 1.19 bits per heavy atom. The van der Waals surface area contributed by atoms with E-state index in [1.54, 1.807) is 24.3 Å². The van der Waals surface area contributed by atoms with Crippen LogP contribution in [-0.2, 0) is 17.8 Å². The molecule has 3 rings (SSSR count). The van der Waals surface area contributed by atoms with Gasteiger partial charge in [0.15, 0.2) is 0 Å². The van der Waals surface area contributed by atoms with Crippen molar-refractivity contribution in [1.29, 1.82) is 0 Å². The van der Waals surface area contributed by atoms with Gasteiger partial charge in [-0.3, -0.25) is 9.59 Å². The number of benzene rings is 2. The third-order valence-corrected chi connectivity index (χ3v) is 4.04. The number of nitrogens with one attached hydrogen (secondary N) is 1. The summed E-state index contributed by atoms with van der Waals surface area (Å²) in [5, 5.41) is 7.91. The summed E-state index contributed by atoms with van der Waals surface area (Å²) in [6.07, 6.45) is 0. The van der Waals surface area contributed by atoms with E-state index in [0.717, 1.165) is 12.1 Å². The van der Waals surface area contributed by atoms with Crippen molar-refractivity contribution in [3.63, 3.8) is 0 Å². The lowest BCUT2D eigenvalue weighted by atomic mass is 10.1. The summed E-state index contributed by atoms with van der Waals surface area (Å²) in [6.45, 7) is 0.537. The SMILES string of the molecule is COCCn1nc(CNC(=O)c2ccc(F)cc2F)c2ccccc2c1=O. The molecule has 1 amide bonds. The Balaban J connectivity index is 1.90. The van der Waals surface area contributed by atoms with Crippen LogP contribution in [0.3, 0.4) is 0 Å². The molecule has 27 heavy (non-hydrogen) atoms. The van der Waals surface area contributed by atoms with Gasteiger partial charge >= 0.3 is 0 Å². The molecule has 0 bridgehead atoms. The number of rotatable bonds is 6. The minimum absolute atomic E-state index is 0.0244. The van der Waals surface area contributed by atoms with E-state index in [9.17, 15) is 18.4 Å². The van der Waals surface area contributed by atoms with Gasteiger partial charge in [-0.2, -0.15) is 5.10 Å². The van der Waals surface area contributed by atoms with Gasteiger partial charge in [0.2, 0.25) is 0 Å². The summed E-state index contributed by atoms with van der Waals surface area (Å²) < 4.78 is 33.0. The number of methoxy groups -OCH3 is 1. The number of aromatic nitrogens is 2. The molecule has 2 aromatic carbocycles. The summed E-state index contributed by atoms with van der Waals surface area (Å²) in [7, 11) is 1.52. The van der Waals surface area contributed by atoms with Crippen molar-refractivity contribution in [3.05, 3.63) is 75.7 Å². The number of hydrogen-bond acceptors (Lipinski definition) is 4. The van der Waals surface area contributed by atoms with Crippen molar-refractivity contribution in [1.82, 2.24) is 15.1 Å². The van der Waals surface area contributed by atoms with E-state index in [1.165, 1.54) is 11.8 Å². The molecule has 0 aliphatic carbocycles. The normalized spacial score (nSPS) is 10.9. The smallest absolute Gasteiger partial charge is 0.274 e. The molecule has 1 aromatic heterocycles. The van der Waals surface area contributed by atoms with Crippen molar-refractivity contribution in [2.45, 2.75) is 13.1 Å². The zero-order chi connectivity index (χ0) is 19.4. The lowest BCUT2D eigenvalue weighted by Gasteiger charge is -2.12. The molecule has 3 aromatic rings. The standard InChI is InChI=1S/C19H17F2N3O3/c1-27-9-8-24-19(26)14-5-3-2-4-13(14)17(23-24)11-22-18(25)15-7-6-12(20)10-16(15)21/h2-7,10H,8-9,11H2,1H3,(H,22,25). The molecule has 0 fully saturated rings. The van der Waals surface area contributed by atoms with Gasteiger partial charge in [0, 0.05) is 18.6 Å². The second-order valence-corrected chi connectivity index (χ2v) is 5.82. The third kappa shape index (κ3) is 4.01. The van der Waals surface area contributed by atoms with Crippen LogP contribution >= 0.6 is 0 Å². The first-order valence-corrected chi connectivity index (χ1v) is 8.22. The molecule has 140 valence electrons. The van der Waals surface area contributed by atoms with Gasteiger partial charge in [-0.15, -0.1) is 0 Å². The lowest BCUT2D eigenvalue weighted by molar-refractivity contribution is 0.0946. The van der Waals surface area contributed by atoms with E-state index in [-0.39, 0.29) is 24.2 Å². The number of amides is 1. The minimum Gasteiger partial charge on any atom is -0.383 e. The first-order valence-electron chi connectivity index (χ1n) is 8.22. The van der Waals surface area contributed by atoms with Crippen molar-refractivity contribution >= 4 is 16.7 Å². The summed E-state index contributed by atoms with van der Waals surface area (Å²) in [6, 6.07) is 9.63. The van der Waals surface area contributed by atoms with Gasteiger partial charge in [-0.05, 0) is 18.2 Å². The number of fused-ring (bicyclic) bond motifs is 1. The molecule has 0 radical (unpaired) electrons. The fourth-order valence-electron chi connectivity index (χ4n) is 2.70. The molecule has 8 heteroatoms. The molecule has 0 spiro atoms. The maximum atomic E-state index is 13.8. The predicted octanol–water partition coefficient (Wildman–Crippen LogP) is 2.25. The quantitative estimate of drug-likeness (QED) is 0.719. The molecule has 6 nitrogen and oxygen atoms in total. The molecular weight excluding hydrogens is 356 g/mol. The van der Waals surface area contributed by atoms with Gasteiger partial charge in [0.05, 0.1) is 36.3 Å². The van der Waals surface area contributed by atoms with Gasteiger partial charge in [-0.1, -0.05) is 18.2 Å². The van der Waals surface area contributed by atoms with E-state index in [0.29, 0.717) is 29.1 Å². The number of ether oxygens (including phenoxy) is 1. The van der Waals surface area contributed by atoms with E-state index < -0.39 is 17.5 Å². The monoisotopic (exact) mass is 373 g/mol. The summed E-state index contributed by atoms with van der Waals surface area (Å²) in [4.78, 5) is 24.7. The highest BCUT2D eigenvalue weighted by Gasteiger charge is 2.15. The lowest BCUT2D eigenvalue weighted by Crippen LogP contribution is -2.30. The van der Waals surface area contributed by atoms with E-state index in [2.05, 4.69) is 10.4 Å². The first-order chi connectivity index (χ1) is 13.0. The fourth-order valence-corrected chi connectivity index (χ4v) is 2.70. The summed E-state index contributed by atoms with van der Waals surface area (Å²) >= 11 is 0. The molecule has 0 saturated heterocycles. The van der Waals surface area contributed by atoms with E-state index in [1.807, 2.05) is 0 Å². The highest BCUT2D eigenvalue weighted by atomic mass is 19.1. The van der Waals surface area contributed by atoms with Crippen LogP contribution in [0.1, 0.15) is 16.1 Å². The molecule has 1 heterocycles. The molecule has 0 unspecified atom stereocenters. The van der Waals surface area contributed by atoms with Crippen LogP contribution in [0, 0.1) is 11.6 Å². The fraction of sp³-hybridized carbons (Fsp3) is 0.211. The number of halogens is 2. The average Bonchev–Trinajstić information content (AvgIpc) is 2.66. The van der Waals surface area contributed by atoms with Crippen molar-refractivity contribution < 1.29 is 18.3 Å². The average molecular weight is 373 g/mol.